The second kappa shape index (κ2) is 22.2. The molecule has 0 fully saturated rings. The van der Waals surface area contributed by atoms with Crippen LogP contribution in [0.25, 0.3) is 33.4 Å². The van der Waals surface area contributed by atoms with Gasteiger partial charge in [-0.25, -0.2) is 0 Å². The van der Waals surface area contributed by atoms with E-state index in [1.54, 1.807) is 0 Å². The molecule has 0 radical (unpaired) electrons. The standard InChI is InChI=1S/C69H55N.2C2H6/c1-2-3-8-30-58-49-68(56-26-13-6-14-27-56,57-28-15-7-16-29-57)63-33-19-20-34-64(63)69(58)62-32-18-17-31-61(62)67-65(69)35-21-36-66(67)70(59-45-41-54(42-46-59)51-24-11-5-12-25-51)60-47-43-55(44-48-60)53-39-37-52(38-40-53)50-22-9-4-10-23-50;2*1-2/h2-18,20-24,26-32,34-49,51H,19,25,33H2,1H3;2*1-2H3/b3-2-,30-8-;;. The second-order valence-corrected chi connectivity index (χ2v) is 18.9. The molecule has 0 bridgehead atoms. The van der Waals surface area contributed by atoms with E-state index in [1.165, 1.54) is 77.9 Å². The lowest BCUT2D eigenvalue weighted by Gasteiger charge is -2.49. The topological polar surface area (TPSA) is 3.24 Å². The number of hydrogen-bond donors (Lipinski definition) is 0. The number of anilines is 3. The van der Waals surface area contributed by atoms with Crippen LogP contribution in [0.1, 0.15) is 87.6 Å². The fraction of sp³-hybridized carbons (Fsp3) is 0.151. The molecule has 0 heterocycles. The number of benzene rings is 8. The van der Waals surface area contributed by atoms with Gasteiger partial charge in [0.2, 0.25) is 0 Å². The molecular weight excluding hydrogens is 891 g/mol. The SMILES string of the molecule is C/C=C\C=C/C1=CC(c2ccccc2)(c2ccccc2)C2=C(C=CCC2)C12c1ccccc1-c1c(N(c3ccc(-c4ccc(-c5ccccc5)cc4)cc3)c3ccc(C4C=CC=CC4)cc3)cccc12.CC.CC. The molecule has 12 rings (SSSR count). The smallest absolute Gasteiger partial charge is 0.0711 e. The Morgan fingerprint density at radius 3 is 1.68 bits per heavy atom. The van der Waals surface area contributed by atoms with Crippen LogP contribution in [0.3, 0.4) is 0 Å². The molecule has 1 spiro atoms. The van der Waals surface area contributed by atoms with Crippen LogP contribution < -0.4 is 4.90 Å². The van der Waals surface area contributed by atoms with E-state index >= 15 is 0 Å². The summed E-state index contributed by atoms with van der Waals surface area (Å²) in [7, 11) is 0. The summed E-state index contributed by atoms with van der Waals surface area (Å²) in [6, 6.07) is 76.9. The summed E-state index contributed by atoms with van der Waals surface area (Å²) in [6.45, 7) is 10.1. The van der Waals surface area contributed by atoms with Crippen LogP contribution in [-0.2, 0) is 10.8 Å². The zero-order chi connectivity index (χ0) is 50.9. The number of hydrogen-bond acceptors (Lipinski definition) is 1. The first kappa shape index (κ1) is 49.3. The van der Waals surface area contributed by atoms with Gasteiger partial charge in [-0.05, 0) is 129 Å². The molecule has 0 aromatic heterocycles. The van der Waals surface area contributed by atoms with Gasteiger partial charge >= 0.3 is 0 Å². The summed E-state index contributed by atoms with van der Waals surface area (Å²) in [5, 5.41) is 0. The van der Waals surface area contributed by atoms with Gasteiger partial charge in [-0.1, -0.05) is 270 Å². The van der Waals surface area contributed by atoms with Crippen molar-refractivity contribution in [1.82, 2.24) is 0 Å². The summed E-state index contributed by atoms with van der Waals surface area (Å²) in [5.41, 5.74) is 20.4. The molecule has 0 N–H and O–H groups in total. The third-order valence-electron chi connectivity index (χ3n) is 15.2. The van der Waals surface area contributed by atoms with E-state index in [2.05, 4.69) is 285 Å². The van der Waals surface area contributed by atoms with Gasteiger partial charge in [-0.2, -0.15) is 0 Å². The predicted molar refractivity (Wildman–Crippen MR) is 318 cm³/mol. The van der Waals surface area contributed by atoms with Gasteiger partial charge in [0.05, 0.1) is 16.5 Å². The third kappa shape index (κ3) is 8.71. The van der Waals surface area contributed by atoms with E-state index in [9.17, 15) is 0 Å². The lowest BCUT2D eigenvalue weighted by Crippen LogP contribution is -2.42. The zero-order valence-electron chi connectivity index (χ0n) is 43.6. The maximum absolute atomic E-state index is 2.64. The van der Waals surface area contributed by atoms with Crippen molar-refractivity contribution in [2.75, 3.05) is 4.90 Å². The van der Waals surface area contributed by atoms with E-state index < -0.39 is 10.8 Å². The molecule has 0 amide bonds. The second-order valence-electron chi connectivity index (χ2n) is 18.9. The molecule has 0 saturated heterocycles. The van der Waals surface area contributed by atoms with Gasteiger partial charge in [0.1, 0.15) is 0 Å². The van der Waals surface area contributed by atoms with E-state index in [0.717, 1.165) is 36.3 Å². The van der Waals surface area contributed by atoms with Crippen molar-refractivity contribution in [2.45, 2.75) is 70.6 Å². The molecule has 74 heavy (non-hydrogen) atoms. The molecule has 1 heteroatoms. The van der Waals surface area contributed by atoms with Crippen molar-refractivity contribution in [2.24, 2.45) is 0 Å². The zero-order valence-corrected chi connectivity index (χ0v) is 43.6. The highest BCUT2D eigenvalue weighted by atomic mass is 15.1. The van der Waals surface area contributed by atoms with Crippen LogP contribution in [-0.4, -0.2) is 0 Å². The molecule has 0 saturated carbocycles. The molecule has 2 unspecified atom stereocenters. The Morgan fingerprint density at radius 1 is 0.514 bits per heavy atom. The highest BCUT2D eigenvalue weighted by Crippen LogP contribution is 2.65. The van der Waals surface area contributed by atoms with Gasteiger partial charge in [-0.3, -0.25) is 0 Å². The molecule has 2 atom stereocenters. The number of rotatable bonds is 10. The molecule has 0 aliphatic heterocycles. The Bertz CT molecular complexity index is 3380. The van der Waals surface area contributed by atoms with Gasteiger partial charge in [0.25, 0.3) is 0 Å². The van der Waals surface area contributed by atoms with Crippen molar-refractivity contribution in [3.05, 3.63) is 318 Å². The minimum atomic E-state index is -0.578. The van der Waals surface area contributed by atoms with E-state index in [-0.39, 0.29) is 0 Å². The molecular formula is C73H67N. The Morgan fingerprint density at radius 2 is 1.07 bits per heavy atom. The monoisotopic (exact) mass is 958 g/mol. The Hall–Kier alpha value is -8.26. The van der Waals surface area contributed by atoms with E-state index in [1.807, 2.05) is 27.7 Å². The quantitative estimate of drug-likeness (QED) is 0.124. The van der Waals surface area contributed by atoms with Gasteiger partial charge in [0, 0.05) is 22.9 Å². The average Bonchev–Trinajstić information content (AvgIpc) is 3.79. The van der Waals surface area contributed by atoms with Crippen LogP contribution in [0.4, 0.5) is 17.1 Å². The maximum Gasteiger partial charge on any atom is 0.0711 e. The maximum atomic E-state index is 2.64. The van der Waals surface area contributed by atoms with Gasteiger partial charge in [0.15, 0.2) is 0 Å². The minimum absolute atomic E-state index is 0.366. The highest BCUT2D eigenvalue weighted by molar-refractivity contribution is 5.98. The van der Waals surface area contributed by atoms with Gasteiger partial charge < -0.3 is 4.90 Å². The summed E-state index contributed by atoms with van der Waals surface area (Å²) in [4.78, 5) is 2.50. The molecule has 4 aliphatic rings. The molecule has 4 aliphatic carbocycles. The Balaban J connectivity index is 0.00000153. The molecule has 8 aromatic carbocycles. The molecule has 8 aromatic rings. The van der Waals surface area contributed by atoms with Crippen molar-refractivity contribution in [3.63, 3.8) is 0 Å². The van der Waals surface area contributed by atoms with Crippen molar-refractivity contribution >= 4 is 17.1 Å². The van der Waals surface area contributed by atoms with Crippen molar-refractivity contribution in [3.8, 4) is 33.4 Å². The van der Waals surface area contributed by atoms with Crippen LogP contribution >= 0.6 is 0 Å². The molecule has 364 valence electrons. The number of allylic oxidation sites excluding steroid dienone is 14. The summed E-state index contributed by atoms with van der Waals surface area (Å²) in [6.07, 6.45) is 28.4. The highest BCUT2D eigenvalue weighted by Gasteiger charge is 2.55. The van der Waals surface area contributed by atoms with Crippen molar-refractivity contribution in [1.29, 1.82) is 0 Å². The largest absolute Gasteiger partial charge is 0.310 e. The molecule has 1 nitrogen and oxygen atoms in total. The van der Waals surface area contributed by atoms with Crippen LogP contribution in [0, 0.1) is 0 Å². The van der Waals surface area contributed by atoms with Crippen molar-refractivity contribution < 1.29 is 0 Å². The van der Waals surface area contributed by atoms with Crippen LogP contribution in [0.5, 0.6) is 0 Å². The Labute approximate surface area is 441 Å². The fourth-order valence-electron chi connectivity index (χ4n) is 12.0. The summed E-state index contributed by atoms with van der Waals surface area (Å²) >= 11 is 0. The normalized spacial score (nSPS) is 17.7. The first-order valence-electron chi connectivity index (χ1n) is 27.0. The third-order valence-corrected chi connectivity index (χ3v) is 15.2. The van der Waals surface area contributed by atoms with Crippen LogP contribution in [0.15, 0.2) is 290 Å². The first-order valence-corrected chi connectivity index (χ1v) is 27.0. The lowest BCUT2D eigenvalue weighted by atomic mass is 9.53. The van der Waals surface area contributed by atoms with E-state index in [0.29, 0.717) is 5.92 Å². The van der Waals surface area contributed by atoms with E-state index in [4.69, 9.17) is 0 Å². The van der Waals surface area contributed by atoms with Gasteiger partial charge in [-0.15, -0.1) is 0 Å². The predicted octanol–water partition coefficient (Wildman–Crippen LogP) is 20.1. The summed E-state index contributed by atoms with van der Waals surface area (Å²) in [5.74, 6) is 0.366. The first-order chi connectivity index (χ1) is 36.7. The minimum Gasteiger partial charge on any atom is -0.310 e. The Kier molecular flexibility index (Phi) is 14.8. The number of fused-ring (bicyclic) bond motifs is 6. The lowest BCUT2D eigenvalue weighted by molar-refractivity contribution is 0.605. The summed E-state index contributed by atoms with van der Waals surface area (Å²) < 4.78 is 0. The van der Waals surface area contributed by atoms with Crippen LogP contribution in [0.2, 0.25) is 0 Å². The number of nitrogens with zero attached hydrogens (tertiary/aromatic N) is 1. The fourth-order valence-corrected chi connectivity index (χ4v) is 12.0. The average molecular weight is 958 g/mol.